The van der Waals surface area contributed by atoms with Gasteiger partial charge in [-0.1, -0.05) is 6.92 Å². The number of hydrogen-bond acceptors (Lipinski definition) is 3. The maximum atomic E-state index is 4.50. The summed E-state index contributed by atoms with van der Waals surface area (Å²) in [6.07, 6.45) is 1.06. The van der Waals surface area contributed by atoms with Crippen molar-refractivity contribution in [2.75, 3.05) is 7.05 Å². The van der Waals surface area contributed by atoms with Crippen LogP contribution in [0.3, 0.4) is 0 Å². The van der Waals surface area contributed by atoms with Gasteiger partial charge < -0.3 is 5.73 Å². The number of aromatic nitrogens is 1. The van der Waals surface area contributed by atoms with Crippen LogP contribution in [0.5, 0.6) is 0 Å². The molecule has 2 N–H and O–H groups in total. The maximum Gasteiger partial charge on any atom is 0.0797 e. The van der Waals surface area contributed by atoms with E-state index in [9.17, 15) is 0 Å². The molecule has 0 aliphatic rings. The largest absolute Gasteiger partial charge is 0.333 e. The first kappa shape index (κ1) is 9.59. The second kappa shape index (κ2) is 5.38. The second-order valence-electron chi connectivity index (χ2n) is 1.71. The Morgan fingerprint density at radius 1 is 1.60 bits per heavy atom. The highest BCUT2D eigenvalue weighted by atomic mass is 32.1. The molecule has 1 aromatic rings. The van der Waals surface area contributed by atoms with Gasteiger partial charge in [0, 0.05) is 4.88 Å². The highest BCUT2D eigenvalue weighted by molar-refractivity contribution is 7.09. The van der Waals surface area contributed by atoms with Crippen LogP contribution in [-0.4, -0.2) is 12.0 Å². The molecular weight excluding hydrogens is 144 g/mol. The molecule has 0 aromatic carbocycles. The van der Waals surface area contributed by atoms with Crippen molar-refractivity contribution in [1.29, 1.82) is 0 Å². The van der Waals surface area contributed by atoms with Gasteiger partial charge in [-0.2, -0.15) is 0 Å². The number of hydrogen-bond donors (Lipinski definition) is 1. The van der Waals surface area contributed by atoms with E-state index in [0.29, 0.717) is 0 Å². The Labute approximate surface area is 66.1 Å². The number of aryl methyl sites for hydroxylation is 2. The van der Waals surface area contributed by atoms with Crippen molar-refractivity contribution < 1.29 is 0 Å². The third-order valence-corrected chi connectivity index (χ3v) is 1.98. The van der Waals surface area contributed by atoms with Gasteiger partial charge in [0.25, 0.3) is 0 Å². The number of nitrogens with two attached hydrogens (primary N) is 1. The molecule has 3 heteroatoms. The van der Waals surface area contributed by atoms with E-state index in [-0.39, 0.29) is 0 Å². The van der Waals surface area contributed by atoms with Crippen LogP contribution in [-0.2, 0) is 6.42 Å². The highest BCUT2D eigenvalue weighted by Crippen LogP contribution is 2.10. The minimum Gasteiger partial charge on any atom is -0.333 e. The van der Waals surface area contributed by atoms with Crippen LogP contribution >= 0.6 is 11.3 Å². The molecule has 0 bridgehead atoms. The van der Waals surface area contributed by atoms with Crippen LogP contribution in [0, 0.1) is 6.92 Å². The number of thiazole rings is 1. The fourth-order valence-electron chi connectivity index (χ4n) is 0.668. The first-order valence-electron chi connectivity index (χ1n) is 3.31. The van der Waals surface area contributed by atoms with Gasteiger partial charge >= 0.3 is 0 Å². The lowest BCUT2D eigenvalue weighted by Crippen LogP contribution is -1.79. The van der Waals surface area contributed by atoms with Crippen molar-refractivity contribution >= 4 is 11.3 Å². The molecule has 58 valence electrons. The Bertz CT molecular complexity index is 172. The van der Waals surface area contributed by atoms with Gasteiger partial charge in [-0.25, -0.2) is 4.98 Å². The first-order chi connectivity index (χ1) is 4.84. The Balaban J connectivity index is 0.000000371. The van der Waals surface area contributed by atoms with Crippen molar-refractivity contribution in [2.45, 2.75) is 20.3 Å². The fourth-order valence-corrected chi connectivity index (χ4v) is 1.34. The summed E-state index contributed by atoms with van der Waals surface area (Å²) in [5.74, 6) is 0. The zero-order valence-corrected chi connectivity index (χ0v) is 7.53. The average molecular weight is 158 g/mol. The SMILES string of the molecule is CCc1ncsc1C.CN. The molecule has 0 spiro atoms. The monoisotopic (exact) mass is 158 g/mol. The van der Waals surface area contributed by atoms with Crippen molar-refractivity contribution in [2.24, 2.45) is 5.73 Å². The summed E-state index contributed by atoms with van der Waals surface area (Å²) in [6, 6.07) is 0. The van der Waals surface area contributed by atoms with Crippen molar-refractivity contribution in [3.05, 3.63) is 16.1 Å². The lowest BCUT2D eigenvalue weighted by atomic mass is 10.3. The summed E-state index contributed by atoms with van der Waals surface area (Å²) in [5.41, 5.74) is 7.64. The van der Waals surface area contributed by atoms with Crippen LogP contribution in [0.25, 0.3) is 0 Å². The third kappa shape index (κ3) is 2.45. The van der Waals surface area contributed by atoms with Gasteiger partial charge in [-0.3, -0.25) is 0 Å². The van der Waals surface area contributed by atoms with Gasteiger partial charge in [0.15, 0.2) is 0 Å². The third-order valence-electron chi connectivity index (χ3n) is 1.18. The lowest BCUT2D eigenvalue weighted by Gasteiger charge is -1.85. The molecule has 0 unspecified atom stereocenters. The molecule has 1 heterocycles. The van der Waals surface area contributed by atoms with Crippen LogP contribution in [0.2, 0.25) is 0 Å². The Kier molecular flexibility index (Phi) is 5.16. The van der Waals surface area contributed by atoms with Crippen LogP contribution in [0.15, 0.2) is 5.51 Å². The molecule has 1 aromatic heterocycles. The zero-order chi connectivity index (χ0) is 7.98. The summed E-state index contributed by atoms with van der Waals surface area (Å²) in [7, 11) is 1.50. The summed E-state index contributed by atoms with van der Waals surface area (Å²) in [4.78, 5) is 5.51. The zero-order valence-electron chi connectivity index (χ0n) is 6.72. The normalized spacial score (nSPS) is 8.40. The van der Waals surface area contributed by atoms with Gasteiger partial charge in [0.2, 0.25) is 0 Å². The topological polar surface area (TPSA) is 38.9 Å². The molecule has 1 rings (SSSR count). The van der Waals surface area contributed by atoms with E-state index in [4.69, 9.17) is 0 Å². The molecule has 0 aliphatic heterocycles. The van der Waals surface area contributed by atoms with Gasteiger partial charge in [0.1, 0.15) is 0 Å². The summed E-state index contributed by atoms with van der Waals surface area (Å²) in [6.45, 7) is 4.23. The van der Waals surface area contributed by atoms with E-state index < -0.39 is 0 Å². The molecule has 0 saturated heterocycles. The molecular formula is C7H14N2S. The minimum atomic E-state index is 1.06. The van der Waals surface area contributed by atoms with E-state index in [1.54, 1.807) is 11.3 Å². The van der Waals surface area contributed by atoms with E-state index in [1.165, 1.54) is 17.6 Å². The molecule has 0 atom stereocenters. The molecule has 0 fully saturated rings. The summed E-state index contributed by atoms with van der Waals surface area (Å²) < 4.78 is 0. The van der Waals surface area contributed by atoms with Gasteiger partial charge in [0.05, 0.1) is 11.2 Å². The Morgan fingerprint density at radius 3 is 2.40 bits per heavy atom. The average Bonchev–Trinajstić information content (AvgIpc) is 2.39. The smallest absolute Gasteiger partial charge is 0.0797 e. The van der Waals surface area contributed by atoms with Crippen molar-refractivity contribution in [1.82, 2.24) is 4.98 Å². The number of rotatable bonds is 1. The molecule has 0 saturated carbocycles. The van der Waals surface area contributed by atoms with Crippen molar-refractivity contribution in [3.8, 4) is 0 Å². The molecule has 2 nitrogen and oxygen atoms in total. The Hall–Kier alpha value is -0.410. The van der Waals surface area contributed by atoms with E-state index in [0.717, 1.165) is 6.42 Å². The van der Waals surface area contributed by atoms with Crippen LogP contribution in [0.4, 0.5) is 0 Å². The molecule has 0 amide bonds. The molecule has 10 heavy (non-hydrogen) atoms. The standard InChI is InChI=1S/C6H9NS.CH5N/c1-3-6-5(2)8-4-7-6;1-2/h4H,3H2,1-2H3;2H2,1H3. The predicted molar refractivity (Wildman–Crippen MR) is 46.3 cm³/mol. The number of nitrogens with zero attached hydrogens (tertiary/aromatic N) is 1. The van der Waals surface area contributed by atoms with E-state index in [2.05, 4.69) is 24.6 Å². The first-order valence-corrected chi connectivity index (χ1v) is 4.19. The molecule has 0 aliphatic carbocycles. The van der Waals surface area contributed by atoms with E-state index in [1.807, 2.05) is 5.51 Å². The molecule has 0 radical (unpaired) electrons. The fraction of sp³-hybridized carbons (Fsp3) is 0.571. The van der Waals surface area contributed by atoms with Crippen LogP contribution in [0.1, 0.15) is 17.5 Å². The van der Waals surface area contributed by atoms with E-state index >= 15 is 0 Å². The summed E-state index contributed by atoms with van der Waals surface area (Å²) in [5, 5.41) is 0. The Morgan fingerprint density at radius 2 is 2.20 bits per heavy atom. The highest BCUT2D eigenvalue weighted by Gasteiger charge is 1.94. The lowest BCUT2D eigenvalue weighted by molar-refractivity contribution is 1.04. The van der Waals surface area contributed by atoms with Gasteiger partial charge in [-0.05, 0) is 20.4 Å². The van der Waals surface area contributed by atoms with Crippen LogP contribution < -0.4 is 5.73 Å². The quantitative estimate of drug-likeness (QED) is 0.674. The minimum absolute atomic E-state index is 1.06. The van der Waals surface area contributed by atoms with Crippen molar-refractivity contribution in [3.63, 3.8) is 0 Å². The second-order valence-corrected chi connectivity index (χ2v) is 2.77. The predicted octanol–water partition coefficient (Wildman–Crippen LogP) is 1.59. The maximum absolute atomic E-state index is 4.50. The van der Waals surface area contributed by atoms with Gasteiger partial charge in [-0.15, -0.1) is 11.3 Å². The summed E-state index contributed by atoms with van der Waals surface area (Å²) >= 11 is 1.72.